The number of carbonyl (C=O) groups is 1. The first-order valence-electron chi connectivity index (χ1n) is 6.21. The molecule has 1 heterocycles. The van der Waals surface area contributed by atoms with Gasteiger partial charge in [-0.05, 0) is 26.8 Å². The van der Waals surface area contributed by atoms with Gasteiger partial charge in [0, 0.05) is 18.0 Å². The molecule has 1 amide bonds. The van der Waals surface area contributed by atoms with Crippen LogP contribution in [0.1, 0.15) is 32.8 Å². The van der Waals surface area contributed by atoms with Crippen molar-refractivity contribution in [2.24, 2.45) is 0 Å². The minimum Gasteiger partial charge on any atom is -0.393 e. The maximum atomic E-state index is 12.4. The van der Waals surface area contributed by atoms with Crippen LogP contribution >= 0.6 is 0 Å². The molecule has 0 spiro atoms. The van der Waals surface area contributed by atoms with E-state index in [0.717, 1.165) is 5.69 Å². The quantitative estimate of drug-likeness (QED) is 0.851. The summed E-state index contributed by atoms with van der Waals surface area (Å²) in [4.78, 5) is 14.0. The highest BCUT2D eigenvalue weighted by Gasteiger charge is 2.50. The second-order valence-corrected chi connectivity index (χ2v) is 5.20. The molecule has 2 N–H and O–H groups in total. The van der Waals surface area contributed by atoms with Crippen molar-refractivity contribution in [3.63, 3.8) is 0 Å². The fraction of sp³-hybridized carbons (Fsp3) is 0.500. The Morgan fingerprint density at radius 3 is 2.44 bits per heavy atom. The van der Waals surface area contributed by atoms with E-state index in [9.17, 15) is 15.0 Å². The molecule has 0 saturated carbocycles. The molecule has 0 bridgehead atoms. The molecule has 18 heavy (non-hydrogen) atoms. The van der Waals surface area contributed by atoms with E-state index in [0.29, 0.717) is 5.56 Å². The normalized spacial score (nSPS) is 24.6. The maximum Gasteiger partial charge on any atom is 0.264 e. The Kier molecular flexibility index (Phi) is 3.17. The second-order valence-electron chi connectivity index (χ2n) is 5.20. The molecule has 1 aliphatic heterocycles. The zero-order valence-corrected chi connectivity index (χ0v) is 10.9. The lowest BCUT2D eigenvalue weighted by Gasteiger charge is -2.26. The van der Waals surface area contributed by atoms with Crippen LogP contribution in [0.5, 0.6) is 0 Å². The number of para-hydroxylation sites is 1. The average molecular weight is 249 g/mol. The van der Waals surface area contributed by atoms with Crippen LogP contribution in [-0.4, -0.2) is 28.3 Å². The van der Waals surface area contributed by atoms with Gasteiger partial charge in [-0.3, -0.25) is 4.79 Å². The number of fused-ring (bicyclic) bond motifs is 1. The average Bonchev–Trinajstić information content (AvgIpc) is 2.48. The van der Waals surface area contributed by atoms with Crippen LogP contribution in [0.4, 0.5) is 5.69 Å². The number of hydrogen-bond acceptors (Lipinski definition) is 3. The Bertz CT molecular complexity index is 470. The number of hydrogen-bond donors (Lipinski definition) is 2. The van der Waals surface area contributed by atoms with E-state index in [2.05, 4.69) is 0 Å². The molecule has 0 unspecified atom stereocenters. The van der Waals surface area contributed by atoms with Crippen LogP contribution in [-0.2, 0) is 10.4 Å². The van der Waals surface area contributed by atoms with E-state index in [1.54, 1.807) is 24.0 Å². The fourth-order valence-electron chi connectivity index (χ4n) is 2.59. The number of nitrogens with zero attached hydrogens (tertiary/aromatic N) is 1. The second kappa shape index (κ2) is 4.37. The first-order valence-corrected chi connectivity index (χ1v) is 6.21. The van der Waals surface area contributed by atoms with Crippen molar-refractivity contribution in [2.75, 3.05) is 4.90 Å². The number of amides is 1. The van der Waals surface area contributed by atoms with E-state index >= 15 is 0 Å². The van der Waals surface area contributed by atoms with Crippen molar-refractivity contribution in [1.29, 1.82) is 0 Å². The molecule has 0 radical (unpaired) electrons. The molecule has 0 aliphatic carbocycles. The minimum absolute atomic E-state index is 0.0199. The molecule has 1 aromatic carbocycles. The van der Waals surface area contributed by atoms with Gasteiger partial charge in [-0.2, -0.15) is 0 Å². The van der Waals surface area contributed by atoms with Crippen LogP contribution in [0.3, 0.4) is 0 Å². The summed E-state index contributed by atoms with van der Waals surface area (Å²) >= 11 is 0. The van der Waals surface area contributed by atoms with Crippen LogP contribution in [0.2, 0.25) is 0 Å². The summed E-state index contributed by atoms with van der Waals surface area (Å²) in [7, 11) is 0. The minimum atomic E-state index is -1.60. The molecule has 0 fully saturated rings. The van der Waals surface area contributed by atoms with E-state index in [1.165, 1.54) is 0 Å². The fourth-order valence-corrected chi connectivity index (χ4v) is 2.59. The van der Waals surface area contributed by atoms with Gasteiger partial charge in [0.2, 0.25) is 0 Å². The van der Waals surface area contributed by atoms with Gasteiger partial charge in [-0.15, -0.1) is 0 Å². The molecule has 1 aromatic rings. The lowest BCUT2D eigenvalue weighted by molar-refractivity contribution is -0.139. The van der Waals surface area contributed by atoms with Gasteiger partial charge >= 0.3 is 0 Å². The van der Waals surface area contributed by atoms with Crippen molar-refractivity contribution in [3.8, 4) is 0 Å². The first kappa shape index (κ1) is 13.1. The highest BCUT2D eigenvalue weighted by atomic mass is 16.3. The molecule has 4 nitrogen and oxygen atoms in total. The number of rotatable bonds is 3. The summed E-state index contributed by atoms with van der Waals surface area (Å²) in [6.07, 6.45) is -0.717. The molecule has 98 valence electrons. The van der Waals surface area contributed by atoms with Crippen LogP contribution in [0.25, 0.3) is 0 Å². The Labute approximate surface area is 107 Å². The van der Waals surface area contributed by atoms with Gasteiger partial charge in [-0.1, -0.05) is 18.2 Å². The monoisotopic (exact) mass is 249 g/mol. The van der Waals surface area contributed by atoms with Gasteiger partial charge in [0.15, 0.2) is 5.60 Å². The van der Waals surface area contributed by atoms with Gasteiger partial charge < -0.3 is 15.1 Å². The van der Waals surface area contributed by atoms with Crippen LogP contribution < -0.4 is 4.90 Å². The Morgan fingerprint density at radius 2 is 1.89 bits per heavy atom. The lowest BCUT2D eigenvalue weighted by atomic mass is 9.90. The molecule has 0 aromatic heterocycles. The maximum absolute atomic E-state index is 12.4. The van der Waals surface area contributed by atoms with E-state index in [-0.39, 0.29) is 18.4 Å². The summed E-state index contributed by atoms with van der Waals surface area (Å²) in [5, 5.41) is 20.2. The molecule has 4 heteroatoms. The van der Waals surface area contributed by atoms with E-state index in [1.807, 2.05) is 26.0 Å². The standard InChI is InChI=1S/C14H19NO3/c1-9(2)15-12-7-5-4-6-11(12)14(18,13(15)17)8-10(3)16/h4-7,9-10,16,18H,8H2,1-3H3/t10-,14+/m0/s1. The van der Waals surface area contributed by atoms with Gasteiger partial charge in [0.1, 0.15) is 0 Å². The summed E-state index contributed by atoms with van der Waals surface area (Å²) in [6, 6.07) is 7.19. The third-order valence-electron chi connectivity index (χ3n) is 3.29. The van der Waals surface area contributed by atoms with Gasteiger partial charge in [-0.25, -0.2) is 0 Å². The molecular formula is C14H19NO3. The Balaban J connectivity index is 2.54. The van der Waals surface area contributed by atoms with Crippen molar-refractivity contribution in [3.05, 3.63) is 29.8 Å². The largest absolute Gasteiger partial charge is 0.393 e. The molecule has 0 saturated heterocycles. The van der Waals surface area contributed by atoms with Crippen molar-refractivity contribution in [2.45, 2.75) is 44.9 Å². The lowest BCUT2D eigenvalue weighted by Crippen LogP contribution is -2.44. The van der Waals surface area contributed by atoms with Crippen molar-refractivity contribution >= 4 is 11.6 Å². The van der Waals surface area contributed by atoms with Crippen molar-refractivity contribution in [1.82, 2.24) is 0 Å². The Hall–Kier alpha value is -1.39. The topological polar surface area (TPSA) is 60.8 Å². The number of aliphatic hydroxyl groups excluding tert-OH is 1. The molecular weight excluding hydrogens is 230 g/mol. The van der Waals surface area contributed by atoms with E-state index in [4.69, 9.17) is 0 Å². The summed E-state index contributed by atoms with van der Waals surface area (Å²) < 4.78 is 0. The van der Waals surface area contributed by atoms with Crippen LogP contribution in [0.15, 0.2) is 24.3 Å². The zero-order chi connectivity index (χ0) is 13.5. The highest BCUT2D eigenvalue weighted by Crippen LogP contribution is 2.43. The molecule has 2 atom stereocenters. The Morgan fingerprint density at radius 1 is 1.28 bits per heavy atom. The predicted octanol–water partition coefficient (Wildman–Crippen LogP) is 1.40. The van der Waals surface area contributed by atoms with Crippen molar-refractivity contribution < 1.29 is 15.0 Å². The summed E-state index contributed by atoms with van der Waals surface area (Å²) in [5.41, 5.74) is -0.278. The predicted molar refractivity (Wildman–Crippen MR) is 69.3 cm³/mol. The SMILES string of the molecule is CC(C)N1C(=O)[C@@](O)(C[C@H](C)O)c2ccccc21. The van der Waals surface area contributed by atoms with Gasteiger partial charge in [0.05, 0.1) is 11.8 Å². The van der Waals surface area contributed by atoms with Gasteiger partial charge in [0.25, 0.3) is 5.91 Å². The van der Waals surface area contributed by atoms with E-state index < -0.39 is 11.7 Å². The van der Waals surface area contributed by atoms with Crippen LogP contribution in [0, 0.1) is 0 Å². The molecule has 1 aliphatic rings. The zero-order valence-electron chi connectivity index (χ0n) is 10.9. The number of aliphatic hydroxyl groups is 2. The number of anilines is 1. The number of benzene rings is 1. The number of carbonyl (C=O) groups excluding carboxylic acids is 1. The smallest absolute Gasteiger partial charge is 0.264 e. The summed E-state index contributed by atoms with van der Waals surface area (Å²) in [6.45, 7) is 5.39. The third-order valence-corrected chi connectivity index (χ3v) is 3.29. The summed E-state index contributed by atoms with van der Waals surface area (Å²) in [5.74, 6) is -0.348. The molecule has 2 rings (SSSR count). The highest BCUT2D eigenvalue weighted by molar-refractivity contribution is 6.07. The first-order chi connectivity index (χ1) is 8.38. The third kappa shape index (κ3) is 1.82.